The van der Waals surface area contributed by atoms with Crippen LogP contribution in [-0.4, -0.2) is 45.9 Å². The Morgan fingerprint density at radius 1 is 1.32 bits per heavy atom. The average Bonchev–Trinajstić information content (AvgIpc) is 2.48. The summed E-state index contributed by atoms with van der Waals surface area (Å²) >= 11 is 0. The van der Waals surface area contributed by atoms with E-state index < -0.39 is 23.3 Å². The fourth-order valence-corrected chi connectivity index (χ4v) is 3.27. The molecule has 1 heterocycles. The molecule has 1 aromatic rings. The van der Waals surface area contributed by atoms with E-state index in [0.29, 0.717) is 19.3 Å². The van der Waals surface area contributed by atoms with Crippen molar-refractivity contribution in [1.82, 2.24) is 10.2 Å². The Hall–Kier alpha value is -2.24. The Balaban J connectivity index is 2.04. The number of amides is 2. The molecule has 2 amide bonds. The van der Waals surface area contributed by atoms with E-state index in [-0.39, 0.29) is 12.6 Å². The quantitative estimate of drug-likeness (QED) is 0.874. The average molecular weight is 348 g/mol. The van der Waals surface area contributed by atoms with Crippen LogP contribution in [0.1, 0.15) is 46.1 Å². The molecule has 1 aromatic carbocycles. The van der Waals surface area contributed by atoms with E-state index in [1.165, 1.54) is 4.90 Å². The zero-order chi connectivity index (χ0) is 18.7. The number of carbonyl (C=O) groups excluding carboxylic acids is 1. The summed E-state index contributed by atoms with van der Waals surface area (Å²) in [6.07, 6.45) is 0.573. The smallest absolute Gasteiger partial charge is 0.407 e. The lowest BCUT2D eigenvalue weighted by molar-refractivity contribution is 0.0289. The Morgan fingerprint density at radius 2 is 1.96 bits per heavy atom. The van der Waals surface area contributed by atoms with Crippen molar-refractivity contribution >= 4 is 12.2 Å². The number of rotatable bonds is 3. The van der Waals surface area contributed by atoms with Crippen LogP contribution in [0.5, 0.6) is 0 Å². The largest absolute Gasteiger partial charge is 0.465 e. The summed E-state index contributed by atoms with van der Waals surface area (Å²) in [6, 6.07) is 9.64. The van der Waals surface area contributed by atoms with Gasteiger partial charge in [-0.15, -0.1) is 0 Å². The number of hydrogen-bond donors (Lipinski definition) is 2. The number of carbonyl (C=O) groups is 2. The van der Waals surface area contributed by atoms with E-state index in [4.69, 9.17) is 4.74 Å². The molecule has 1 saturated heterocycles. The van der Waals surface area contributed by atoms with Gasteiger partial charge in [0.2, 0.25) is 0 Å². The second-order valence-electron chi connectivity index (χ2n) is 7.93. The minimum absolute atomic E-state index is 0.241. The molecule has 0 spiro atoms. The first kappa shape index (κ1) is 19.1. The summed E-state index contributed by atoms with van der Waals surface area (Å²) in [4.78, 5) is 25.2. The van der Waals surface area contributed by atoms with Gasteiger partial charge in [-0.25, -0.2) is 9.59 Å². The molecule has 6 heteroatoms. The maximum Gasteiger partial charge on any atom is 0.407 e. The number of likely N-dealkylation sites (tertiary alicyclic amines) is 1. The molecule has 1 aliphatic heterocycles. The van der Waals surface area contributed by atoms with Crippen LogP contribution in [0.4, 0.5) is 9.59 Å². The first-order chi connectivity index (χ1) is 11.6. The van der Waals surface area contributed by atoms with E-state index in [9.17, 15) is 14.7 Å². The van der Waals surface area contributed by atoms with Crippen molar-refractivity contribution in [1.29, 1.82) is 0 Å². The summed E-state index contributed by atoms with van der Waals surface area (Å²) in [5, 5.41) is 12.5. The van der Waals surface area contributed by atoms with Crippen LogP contribution in [-0.2, 0) is 11.2 Å². The standard InChI is InChI=1S/C19H28N2O4/c1-18(2,3)25-16(22)20-15-10-11-19(4,21(13-15)17(23)24)12-14-8-6-5-7-9-14/h5-9,15H,10-13H2,1-4H3,(H,20,22)(H,23,24)/t15-,19-/m1/s1. The molecule has 0 aliphatic carbocycles. The summed E-state index contributed by atoms with van der Waals surface area (Å²) in [5.74, 6) is 0. The molecule has 2 N–H and O–H groups in total. The molecule has 2 rings (SSSR count). The van der Waals surface area contributed by atoms with Gasteiger partial charge in [-0.05, 0) is 52.5 Å². The first-order valence-electron chi connectivity index (χ1n) is 8.63. The van der Waals surface area contributed by atoms with Crippen molar-refractivity contribution in [3.8, 4) is 0 Å². The molecule has 0 saturated carbocycles. The Labute approximate surface area is 149 Å². The van der Waals surface area contributed by atoms with Gasteiger partial charge in [0, 0.05) is 12.1 Å². The number of alkyl carbamates (subject to hydrolysis) is 1. The Morgan fingerprint density at radius 3 is 2.52 bits per heavy atom. The van der Waals surface area contributed by atoms with Crippen molar-refractivity contribution in [3.05, 3.63) is 35.9 Å². The second kappa shape index (κ2) is 7.33. The predicted octanol–water partition coefficient (Wildman–Crippen LogP) is 3.65. The van der Waals surface area contributed by atoms with Gasteiger partial charge >= 0.3 is 12.2 Å². The molecule has 0 radical (unpaired) electrons. The molecule has 0 bridgehead atoms. The van der Waals surface area contributed by atoms with Gasteiger partial charge in [0.05, 0.1) is 6.04 Å². The molecular weight excluding hydrogens is 320 g/mol. The maximum atomic E-state index is 12.0. The van der Waals surface area contributed by atoms with Gasteiger partial charge < -0.3 is 20.1 Å². The van der Waals surface area contributed by atoms with Gasteiger partial charge in [0.25, 0.3) is 0 Å². The second-order valence-corrected chi connectivity index (χ2v) is 7.93. The monoisotopic (exact) mass is 348 g/mol. The number of benzene rings is 1. The number of carboxylic acid groups (broad SMARTS) is 1. The summed E-state index contributed by atoms with van der Waals surface area (Å²) in [5.41, 5.74) is 0.0432. The topological polar surface area (TPSA) is 78.9 Å². The van der Waals surface area contributed by atoms with Gasteiger partial charge in [-0.3, -0.25) is 0 Å². The van der Waals surface area contributed by atoms with Gasteiger partial charge in [0.15, 0.2) is 0 Å². The lowest BCUT2D eigenvalue weighted by Crippen LogP contribution is -2.60. The van der Waals surface area contributed by atoms with E-state index >= 15 is 0 Å². The van der Waals surface area contributed by atoms with Crippen LogP contribution in [0.25, 0.3) is 0 Å². The third kappa shape index (κ3) is 5.37. The number of piperidine rings is 1. The third-order valence-corrected chi connectivity index (χ3v) is 4.47. The van der Waals surface area contributed by atoms with Crippen LogP contribution >= 0.6 is 0 Å². The zero-order valence-corrected chi connectivity index (χ0v) is 15.4. The Kier molecular flexibility index (Phi) is 5.60. The van der Waals surface area contributed by atoms with Gasteiger partial charge in [-0.1, -0.05) is 30.3 Å². The van der Waals surface area contributed by atoms with Crippen LogP contribution < -0.4 is 5.32 Å². The van der Waals surface area contributed by atoms with Crippen molar-refractivity contribution in [2.75, 3.05) is 6.54 Å². The highest BCUT2D eigenvalue weighted by Gasteiger charge is 2.41. The highest BCUT2D eigenvalue weighted by atomic mass is 16.6. The van der Waals surface area contributed by atoms with Crippen LogP contribution in [0.15, 0.2) is 30.3 Å². The zero-order valence-electron chi connectivity index (χ0n) is 15.4. The summed E-state index contributed by atoms with van der Waals surface area (Å²) < 4.78 is 5.27. The maximum absolute atomic E-state index is 12.0. The molecule has 138 valence electrons. The Bertz CT molecular complexity index is 612. The number of hydrogen-bond acceptors (Lipinski definition) is 3. The van der Waals surface area contributed by atoms with Gasteiger partial charge in [-0.2, -0.15) is 0 Å². The molecule has 1 fully saturated rings. The summed E-state index contributed by atoms with van der Waals surface area (Å²) in [7, 11) is 0. The SMILES string of the molecule is CC(C)(C)OC(=O)N[C@@H]1CC[C@](C)(Cc2ccccc2)N(C(=O)O)C1. The number of nitrogens with one attached hydrogen (secondary N) is 1. The van der Waals surface area contributed by atoms with E-state index in [2.05, 4.69) is 5.32 Å². The van der Waals surface area contributed by atoms with Crippen molar-refractivity contribution in [2.24, 2.45) is 0 Å². The van der Waals surface area contributed by atoms with E-state index in [0.717, 1.165) is 5.56 Å². The third-order valence-electron chi connectivity index (χ3n) is 4.47. The van der Waals surface area contributed by atoms with Crippen molar-refractivity contribution in [3.63, 3.8) is 0 Å². The fourth-order valence-electron chi connectivity index (χ4n) is 3.27. The van der Waals surface area contributed by atoms with Crippen LogP contribution in [0, 0.1) is 0 Å². The lowest BCUT2D eigenvalue weighted by Gasteiger charge is -2.46. The van der Waals surface area contributed by atoms with Crippen molar-refractivity contribution in [2.45, 2.75) is 64.1 Å². The molecule has 6 nitrogen and oxygen atoms in total. The molecule has 25 heavy (non-hydrogen) atoms. The lowest BCUT2D eigenvalue weighted by atomic mass is 9.82. The molecule has 0 unspecified atom stereocenters. The molecule has 1 aliphatic rings. The highest BCUT2D eigenvalue weighted by molar-refractivity contribution is 5.69. The molecular formula is C19H28N2O4. The number of nitrogens with zero attached hydrogens (tertiary/aromatic N) is 1. The van der Waals surface area contributed by atoms with Crippen molar-refractivity contribution < 1.29 is 19.4 Å². The van der Waals surface area contributed by atoms with Gasteiger partial charge in [0.1, 0.15) is 5.60 Å². The van der Waals surface area contributed by atoms with E-state index in [1.54, 1.807) is 20.8 Å². The highest BCUT2D eigenvalue weighted by Crippen LogP contribution is 2.31. The van der Waals surface area contributed by atoms with E-state index in [1.807, 2.05) is 37.3 Å². The van der Waals surface area contributed by atoms with Crippen LogP contribution in [0.2, 0.25) is 0 Å². The minimum Gasteiger partial charge on any atom is -0.465 e. The molecule has 0 aromatic heterocycles. The minimum atomic E-state index is -0.964. The normalized spacial score (nSPS) is 23.8. The van der Waals surface area contributed by atoms with Crippen LogP contribution in [0.3, 0.4) is 0 Å². The first-order valence-corrected chi connectivity index (χ1v) is 8.63. The number of ether oxygens (including phenoxy) is 1. The predicted molar refractivity (Wildman–Crippen MR) is 95.7 cm³/mol. The fraction of sp³-hybridized carbons (Fsp3) is 0.579. The molecule has 2 atom stereocenters. The summed E-state index contributed by atoms with van der Waals surface area (Å²) in [6.45, 7) is 7.63.